The zero-order valence-corrected chi connectivity index (χ0v) is 12.3. The van der Waals surface area contributed by atoms with Gasteiger partial charge in [0.25, 0.3) is 0 Å². The number of aromatic nitrogens is 3. The predicted molar refractivity (Wildman–Crippen MR) is 80.2 cm³/mol. The number of halogens is 1. The van der Waals surface area contributed by atoms with Gasteiger partial charge < -0.3 is 10.6 Å². The maximum Gasteiger partial charge on any atom is 0.244 e. The van der Waals surface area contributed by atoms with Gasteiger partial charge in [0.2, 0.25) is 5.91 Å². The Morgan fingerprint density at radius 3 is 3.00 bits per heavy atom. The molecule has 1 atom stereocenters. The maximum absolute atomic E-state index is 14.2. The van der Waals surface area contributed by atoms with E-state index in [9.17, 15) is 9.18 Å². The molecule has 1 aromatic carbocycles. The van der Waals surface area contributed by atoms with Gasteiger partial charge in [-0.15, -0.1) is 0 Å². The number of carbonyl (C=O) groups is 1. The smallest absolute Gasteiger partial charge is 0.244 e. The Morgan fingerprint density at radius 1 is 1.55 bits per heavy atom. The summed E-state index contributed by atoms with van der Waals surface area (Å²) in [6.45, 7) is 2.81. The molecule has 6 nitrogen and oxygen atoms in total. The van der Waals surface area contributed by atoms with Crippen LogP contribution in [-0.2, 0) is 4.79 Å². The molecule has 0 bridgehead atoms. The van der Waals surface area contributed by atoms with Crippen LogP contribution in [0, 0.1) is 5.82 Å². The number of rotatable bonds is 4. The number of hydrogen-bond donors (Lipinski definition) is 2. The van der Waals surface area contributed by atoms with Gasteiger partial charge in [0, 0.05) is 5.69 Å². The summed E-state index contributed by atoms with van der Waals surface area (Å²) in [7, 11) is 0. The van der Waals surface area contributed by atoms with Crippen LogP contribution in [-0.4, -0.2) is 32.8 Å². The third kappa shape index (κ3) is 2.59. The molecule has 1 amide bonds. The summed E-state index contributed by atoms with van der Waals surface area (Å²) in [5.41, 5.74) is 0.189. The number of carbonyl (C=O) groups excluding carboxylic acids is 1. The van der Waals surface area contributed by atoms with Crippen molar-refractivity contribution in [2.75, 3.05) is 11.9 Å². The number of nitrogens with zero attached hydrogens (tertiary/aromatic N) is 3. The lowest BCUT2D eigenvalue weighted by molar-refractivity contribution is -0.122. The van der Waals surface area contributed by atoms with Crippen LogP contribution in [0.4, 0.5) is 10.1 Å². The van der Waals surface area contributed by atoms with E-state index in [-0.39, 0.29) is 5.91 Å². The fraction of sp³-hybridized carbons (Fsp3) is 0.400. The van der Waals surface area contributed by atoms with Gasteiger partial charge >= 0.3 is 0 Å². The third-order valence-corrected chi connectivity index (χ3v) is 4.15. The summed E-state index contributed by atoms with van der Waals surface area (Å²) in [6.07, 6.45) is 5.24. The van der Waals surface area contributed by atoms with Gasteiger partial charge in [-0.1, -0.05) is 6.92 Å². The minimum absolute atomic E-state index is 0.111. The highest BCUT2D eigenvalue weighted by Crippen LogP contribution is 2.25. The van der Waals surface area contributed by atoms with Gasteiger partial charge in [0.1, 0.15) is 18.3 Å². The molecule has 1 fully saturated rings. The Hall–Kier alpha value is -2.28. The Balaban J connectivity index is 1.79. The van der Waals surface area contributed by atoms with E-state index in [0.717, 1.165) is 19.4 Å². The molecule has 1 aromatic heterocycles. The van der Waals surface area contributed by atoms with E-state index in [0.29, 0.717) is 17.8 Å². The number of hydrogen-bond acceptors (Lipinski definition) is 4. The lowest BCUT2D eigenvalue weighted by atomic mass is 9.93. The van der Waals surface area contributed by atoms with Gasteiger partial charge in [0.15, 0.2) is 5.82 Å². The average Bonchev–Trinajstić information content (AvgIpc) is 3.19. The van der Waals surface area contributed by atoms with Crippen molar-refractivity contribution in [3.05, 3.63) is 36.7 Å². The molecule has 22 heavy (non-hydrogen) atoms. The SMILES string of the molecule is CCC1(C(=O)Nc2ccc(-n3cncn3)c(F)c2)CCCN1. The van der Waals surface area contributed by atoms with Gasteiger partial charge in [-0.3, -0.25) is 4.79 Å². The van der Waals surface area contributed by atoms with Crippen molar-refractivity contribution in [1.82, 2.24) is 20.1 Å². The standard InChI is InChI=1S/C15H18FN5O/c1-2-15(6-3-7-18-15)14(22)20-11-4-5-13(12(16)8-11)21-10-17-9-19-21/h4-5,8-10,18H,2-3,6-7H2,1H3,(H,20,22). The predicted octanol–water partition coefficient (Wildman–Crippen LogP) is 1.88. The minimum atomic E-state index is -0.541. The van der Waals surface area contributed by atoms with Crippen molar-refractivity contribution in [2.45, 2.75) is 31.7 Å². The van der Waals surface area contributed by atoms with Crippen LogP contribution < -0.4 is 10.6 Å². The Morgan fingerprint density at radius 2 is 2.41 bits per heavy atom. The van der Waals surface area contributed by atoms with Gasteiger partial charge in [0.05, 0.1) is 5.54 Å². The molecule has 0 radical (unpaired) electrons. The van der Waals surface area contributed by atoms with E-state index in [4.69, 9.17) is 0 Å². The molecular formula is C15H18FN5O. The summed E-state index contributed by atoms with van der Waals surface area (Å²) in [5.74, 6) is -0.575. The molecule has 7 heteroatoms. The second kappa shape index (κ2) is 5.84. The molecule has 1 saturated heterocycles. The molecule has 2 aromatic rings. The minimum Gasteiger partial charge on any atom is -0.324 e. The molecule has 0 aliphatic carbocycles. The Labute approximate surface area is 127 Å². The summed E-state index contributed by atoms with van der Waals surface area (Å²) < 4.78 is 15.5. The molecule has 1 unspecified atom stereocenters. The van der Waals surface area contributed by atoms with E-state index in [1.165, 1.54) is 23.4 Å². The molecule has 0 saturated carbocycles. The van der Waals surface area contributed by atoms with E-state index >= 15 is 0 Å². The first-order chi connectivity index (χ1) is 10.6. The second-order valence-corrected chi connectivity index (χ2v) is 5.43. The van der Waals surface area contributed by atoms with Crippen LogP contribution in [0.1, 0.15) is 26.2 Å². The number of amides is 1. The zero-order chi connectivity index (χ0) is 15.6. The second-order valence-electron chi connectivity index (χ2n) is 5.43. The molecular weight excluding hydrogens is 285 g/mol. The van der Waals surface area contributed by atoms with E-state index in [1.807, 2.05) is 6.92 Å². The van der Waals surface area contributed by atoms with Crippen LogP contribution in [0.15, 0.2) is 30.9 Å². The quantitative estimate of drug-likeness (QED) is 0.904. The van der Waals surface area contributed by atoms with Crippen LogP contribution >= 0.6 is 0 Å². The third-order valence-electron chi connectivity index (χ3n) is 4.15. The van der Waals surface area contributed by atoms with Crippen molar-refractivity contribution < 1.29 is 9.18 Å². The number of benzene rings is 1. The summed E-state index contributed by atoms with van der Waals surface area (Å²) in [5, 5.41) is 9.96. The van der Waals surface area contributed by atoms with Crippen molar-refractivity contribution in [2.24, 2.45) is 0 Å². The molecule has 0 spiro atoms. The van der Waals surface area contributed by atoms with Crippen LogP contribution in [0.2, 0.25) is 0 Å². The summed E-state index contributed by atoms with van der Waals surface area (Å²) >= 11 is 0. The highest BCUT2D eigenvalue weighted by atomic mass is 19.1. The van der Waals surface area contributed by atoms with E-state index < -0.39 is 11.4 Å². The van der Waals surface area contributed by atoms with Crippen molar-refractivity contribution >= 4 is 11.6 Å². The molecule has 1 aliphatic heterocycles. The number of nitrogens with one attached hydrogen (secondary N) is 2. The number of anilines is 1. The van der Waals surface area contributed by atoms with Gasteiger partial charge in [-0.05, 0) is 44.0 Å². The highest BCUT2D eigenvalue weighted by molar-refractivity contribution is 5.98. The molecule has 2 N–H and O–H groups in total. The van der Waals surface area contributed by atoms with Gasteiger partial charge in [-0.25, -0.2) is 14.1 Å². The molecule has 1 aliphatic rings. The average molecular weight is 303 g/mol. The fourth-order valence-corrected chi connectivity index (χ4v) is 2.82. The summed E-state index contributed by atoms with van der Waals surface area (Å²) in [4.78, 5) is 16.3. The van der Waals surface area contributed by atoms with Crippen molar-refractivity contribution in [3.8, 4) is 5.69 Å². The van der Waals surface area contributed by atoms with Gasteiger partial charge in [-0.2, -0.15) is 5.10 Å². The molecule has 2 heterocycles. The monoisotopic (exact) mass is 303 g/mol. The lowest BCUT2D eigenvalue weighted by Crippen LogP contribution is -2.50. The van der Waals surface area contributed by atoms with E-state index in [2.05, 4.69) is 20.7 Å². The fourth-order valence-electron chi connectivity index (χ4n) is 2.82. The van der Waals surface area contributed by atoms with Crippen LogP contribution in [0.3, 0.4) is 0 Å². The first-order valence-electron chi connectivity index (χ1n) is 7.36. The largest absolute Gasteiger partial charge is 0.324 e. The summed E-state index contributed by atoms with van der Waals surface area (Å²) in [6, 6.07) is 4.53. The van der Waals surface area contributed by atoms with E-state index in [1.54, 1.807) is 12.1 Å². The first kappa shape index (κ1) is 14.6. The van der Waals surface area contributed by atoms with Crippen molar-refractivity contribution in [3.63, 3.8) is 0 Å². The van der Waals surface area contributed by atoms with Crippen molar-refractivity contribution in [1.29, 1.82) is 0 Å². The topological polar surface area (TPSA) is 71.8 Å². The Kier molecular flexibility index (Phi) is 3.89. The lowest BCUT2D eigenvalue weighted by Gasteiger charge is -2.26. The normalized spacial score (nSPS) is 21.0. The maximum atomic E-state index is 14.2. The Bertz CT molecular complexity index is 665. The first-order valence-corrected chi connectivity index (χ1v) is 7.36. The molecule has 3 rings (SSSR count). The zero-order valence-electron chi connectivity index (χ0n) is 12.3. The van der Waals surface area contributed by atoms with Crippen LogP contribution in [0.5, 0.6) is 0 Å². The van der Waals surface area contributed by atoms with Crippen LogP contribution in [0.25, 0.3) is 5.69 Å². The molecule has 116 valence electrons. The highest BCUT2D eigenvalue weighted by Gasteiger charge is 2.39.